The van der Waals surface area contributed by atoms with Crippen LogP contribution in [0, 0.1) is 6.92 Å². The van der Waals surface area contributed by atoms with Gasteiger partial charge in [-0.05, 0) is 27.7 Å². The minimum atomic E-state index is -0.0210. The van der Waals surface area contributed by atoms with Crippen LogP contribution in [0.1, 0.15) is 31.9 Å². The molecule has 0 saturated carbocycles. The molecule has 1 aromatic carbocycles. The Morgan fingerprint density at radius 2 is 1.78 bits per heavy atom. The number of aryl methyl sites for hydroxylation is 1. The van der Waals surface area contributed by atoms with Gasteiger partial charge < -0.3 is 5.73 Å². The molecule has 0 aliphatic heterocycles. The molecule has 2 N–H and O–H groups in total. The second kappa shape index (κ2) is 4.58. The zero-order chi connectivity index (χ0) is 13.3. The second-order valence-electron chi connectivity index (χ2n) is 5.69. The maximum absolute atomic E-state index is 5.82. The number of benzene rings is 1. The summed E-state index contributed by atoms with van der Waals surface area (Å²) in [7, 11) is 0. The Labute approximate surface area is 109 Å². The second-order valence-corrected chi connectivity index (χ2v) is 5.69. The largest absolute Gasteiger partial charge is 0.326 e. The lowest BCUT2D eigenvalue weighted by Gasteiger charge is -2.18. The standard InChI is InChI=1S/C15H21N3/c1-11-5-7-12(8-6-11)14-13(9-16)10-18(17-14)15(2,3)4/h5-8,10H,9,16H2,1-4H3. The van der Waals surface area contributed by atoms with Crippen LogP contribution in [0.25, 0.3) is 11.3 Å². The molecule has 0 spiro atoms. The van der Waals surface area contributed by atoms with Gasteiger partial charge in [-0.25, -0.2) is 0 Å². The molecular weight excluding hydrogens is 222 g/mol. The normalized spacial score (nSPS) is 11.8. The van der Waals surface area contributed by atoms with Crippen molar-refractivity contribution in [1.82, 2.24) is 9.78 Å². The molecule has 2 aromatic rings. The minimum Gasteiger partial charge on any atom is -0.326 e. The quantitative estimate of drug-likeness (QED) is 0.881. The summed E-state index contributed by atoms with van der Waals surface area (Å²) in [6, 6.07) is 8.41. The Kier molecular flexibility index (Phi) is 3.26. The number of nitrogens with two attached hydrogens (primary N) is 1. The van der Waals surface area contributed by atoms with Crippen molar-refractivity contribution in [3.8, 4) is 11.3 Å². The van der Waals surface area contributed by atoms with Crippen molar-refractivity contribution in [3.05, 3.63) is 41.6 Å². The summed E-state index contributed by atoms with van der Waals surface area (Å²) in [6.07, 6.45) is 2.05. The van der Waals surface area contributed by atoms with Crippen LogP contribution in [0.5, 0.6) is 0 Å². The van der Waals surface area contributed by atoms with Crippen LogP contribution in [0.4, 0.5) is 0 Å². The molecule has 0 saturated heterocycles. The maximum Gasteiger partial charge on any atom is 0.0968 e. The molecule has 3 heteroatoms. The van der Waals surface area contributed by atoms with Gasteiger partial charge in [0.2, 0.25) is 0 Å². The van der Waals surface area contributed by atoms with E-state index in [2.05, 4.69) is 63.3 Å². The summed E-state index contributed by atoms with van der Waals surface area (Å²) in [5.41, 5.74) is 10.3. The van der Waals surface area contributed by atoms with E-state index in [9.17, 15) is 0 Å². The van der Waals surface area contributed by atoms with Crippen LogP contribution in [-0.4, -0.2) is 9.78 Å². The topological polar surface area (TPSA) is 43.8 Å². The van der Waals surface area contributed by atoms with Gasteiger partial charge in [-0.15, -0.1) is 0 Å². The molecule has 0 unspecified atom stereocenters. The SMILES string of the molecule is Cc1ccc(-c2nn(C(C)(C)C)cc2CN)cc1. The van der Waals surface area contributed by atoms with Gasteiger partial charge in [-0.1, -0.05) is 29.8 Å². The van der Waals surface area contributed by atoms with Crippen molar-refractivity contribution in [1.29, 1.82) is 0 Å². The van der Waals surface area contributed by atoms with Gasteiger partial charge in [0.05, 0.1) is 11.2 Å². The van der Waals surface area contributed by atoms with Crippen molar-refractivity contribution < 1.29 is 0 Å². The highest BCUT2D eigenvalue weighted by molar-refractivity contribution is 5.63. The molecule has 0 amide bonds. The Hall–Kier alpha value is -1.61. The van der Waals surface area contributed by atoms with Crippen LogP contribution in [0.3, 0.4) is 0 Å². The molecule has 1 heterocycles. The molecule has 0 atom stereocenters. The fourth-order valence-corrected chi connectivity index (χ4v) is 1.86. The van der Waals surface area contributed by atoms with E-state index in [0.29, 0.717) is 6.54 Å². The Morgan fingerprint density at radius 3 is 2.28 bits per heavy atom. The van der Waals surface area contributed by atoms with Crippen LogP contribution < -0.4 is 5.73 Å². The van der Waals surface area contributed by atoms with E-state index in [1.807, 2.05) is 4.68 Å². The number of hydrogen-bond acceptors (Lipinski definition) is 2. The summed E-state index contributed by atoms with van der Waals surface area (Å²) in [5, 5.41) is 4.69. The van der Waals surface area contributed by atoms with Gasteiger partial charge in [0.25, 0.3) is 0 Å². The smallest absolute Gasteiger partial charge is 0.0968 e. The average Bonchev–Trinajstić information content (AvgIpc) is 2.73. The molecule has 2 rings (SSSR count). The van der Waals surface area contributed by atoms with Gasteiger partial charge in [0.1, 0.15) is 0 Å². The predicted molar refractivity (Wildman–Crippen MR) is 75.3 cm³/mol. The number of rotatable bonds is 2. The number of nitrogens with zero attached hydrogens (tertiary/aromatic N) is 2. The molecule has 0 aliphatic rings. The lowest BCUT2D eigenvalue weighted by Crippen LogP contribution is -2.22. The highest BCUT2D eigenvalue weighted by Crippen LogP contribution is 2.25. The molecule has 0 radical (unpaired) electrons. The predicted octanol–water partition coefficient (Wildman–Crippen LogP) is 3.07. The van der Waals surface area contributed by atoms with Gasteiger partial charge in [0, 0.05) is 23.9 Å². The summed E-state index contributed by atoms with van der Waals surface area (Å²) >= 11 is 0. The highest BCUT2D eigenvalue weighted by atomic mass is 15.3. The Bertz CT molecular complexity index is 530. The zero-order valence-electron chi connectivity index (χ0n) is 11.6. The van der Waals surface area contributed by atoms with Crippen molar-refractivity contribution in [2.45, 2.75) is 39.8 Å². The Balaban J connectivity index is 2.50. The molecule has 0 fully saturated rings. The molecule has 1 aromatic heterocycles. The molecule has 96 valence electrons. The first-order valence-electron chi connectivity index (χ1n) is 6.28. The van der Waals surface area contributed by atoms with E-state index in [0.717, 1.165) is 16.8 Å². The van der Waals surface area contributed by atoms with Crippen LogP contribution in [0.15, 0.2) is 30.5 Å². The first-order valence-corrected chi connectivity index (χ1v) is 6.28. The van der Waals surface area contributed by atoms with Crippen LogP contribution >= 0.6 is 0 Å². The summed E-state index contributed by atoms with van der Waals surface area (Å²) in [5.74, 6) is 0. The molecule has 3 nitrogen and oxygen atoms in total. The van der Waals surface area contributed by atoms with Crippen molar-refractivity contribution in [3.63, 3.8) is 0 Å². The highest BCUT2D eigenvalue weighted by Gasteiger charge is 2.18. The van der Waals surface area contributed by atoms with Gasteiger partial charge in [-0.3, -0.25) is 4.68 Å². The number of aromatic nitrogens is 2. The first-order chi connectivity index (χ1) is 8.41. The lowest BCUT2D eigenvalue weighted by molar-refractivity contribution is 0.356. The van der Waals surface area contributed by atoms with E-state index in [4.69, 9.17) is 5.73 Å². The first kappa shape index (κ1) is 12.8. The maximum atomic E-state index is 5.82. The fraction of sp³-hybridized carbons (Fsp3) is 0.400. The summed E-state index contributed by atoms with van der Waals surface area (Å²) in [6.45, 7) is 9.01. The Morgan fingerprint density at radius 1 is 1.17 bits per heavy atom. The van der Waals surface area contributed by atoms with Crippen LogP contribution in [-0.2, 0) is 12.1 Å². The fourth-order valence-electron chi connectivity index (χ4n) is 1.86. The molecule has 0 bridgehead atoms. The van der Waals surface area contributed by atoms with Crippen LogP contribution in [0.2, 0.25) is 0 Å². The number of hydrogen-bond donors (Lipinski definition) is 1. The third-order valence-corrected chi connectivity index (χ3v) is 3.02. The van der Waals surface area contributed by atoms with Gasteiger partial charge in [-0.2, -0.15) is 5.10 Å². The van der Waals surface area contributed by atoms with E-state index < -0.39 is 0 Å². The van der Waals surface area contributed by atoms with E-state index >= 15 is 0 Å². The average molecular weight is 243 g/mol. The van der Waals surface area contributed by atoms with E-state index in [1.54, 1.807) is 0 Å². The molecule has 18 heavy (non-hydrogen) atoms. The van der Waals surface area contributed by atoms with Crippen molar-refractivity contribution >= 4 is 0 Å². The summed E-state index contributed by atoms with van der Waals surface area (Å²) < 4.78 is 1.99. The third kappa shape index (κ3) is 2.46. The van der Waals surface area contributed by atoms with Crippen molar-refractivity contribution in [2.75, 3.05) is 0 Å². The lowest BCUT2D eigenvalue weighted by atomic mass is 10.1. The monoisotopic (exact) mass is 243 g/mol. The minimum absolute atomic E-state index is 0.0210. The summed E-state index contributed by atoms with van der Waals surface area (Å²) in [4.78, 5) is 0. The van der Waals surface area contributed by atoms with Gasteiger partial charge in [0.15, 0.2) is 0 Å². The van der Waals surface area contributed by atoms with E-state index in [1.165, 1.54) is 5.56 Å². The third-order valence-electron chi connectivity index (χ3n) is 3.02. The van der Waals surface area contributed by atoms with Gasteiger partial charge >= 0.3 is 0 Å². The van der Waals surface area contributed by atoms with Crippen molar-refractivity contribution in [2.24, 2.45) is 5.73 Å². The zero-order valence-corrected chi connectivity index (χ0v) is 11.6. The van der Waals surface area contributed by atoms with E-state index in [-0.39, 0.29) is 5.54 Å². The molecular formula is C15H21N3. The molecule has 0 aliphatic carbocycles.